The minimum absolute atomic E-state index is 0.202. The van der Waals surface area contributed by atoms with E-state index in [1.807, 2.05) is 33.0 Å². The fraction of sp³-hybridized carbons (Fsp3) is 0.476. The van der Waals surface area contributed by atoms with Crippen LogP contribution in [0.3, 0.4) is 0 Å². The molecule has 1 fully saturated rings. The number of halogens is 1. The fourth-order valence-electron chi connectivity index (χ4n) is 3.98. The van der Waals surface area contributed by atoms with Gasteiger partial charge >= 0.3 is 6.09 Å². The van der Waals surface area contributed by atoms with E-state index in [1.165, 1.54) is 12.1 Å². The Hall–Kier alpha value is -3.08. The molecule has 8 heteroatoms. The number of benzene rings is 1. The van der Waals surface area contributed by atoms with Gasteiger partial charge in [0.25, 0.3) is 0 Å². The Labute approximate surface area is 168 Å². The van der Waals surface area contributed by atoms with Gasteiger partial charge in [0.2, 0.25) is 0 Å². The molecule has 1 aromatic carbocycles. The number of ether oxygens (including phenoxy) is 1. The lowest BCUT2D eigenvalue weighted by Gasteiger charge is -2.39. The number of fused-ring (bicyclic) bond motifs is 3. The zero-order valence-electron chi connectivity index (χ0n) is 17.0. The van der Waals surface area contributed by atoms with Crippen LogP contribution in [0.2, 0.25) is 0 Å². The number of likely N-dealkylation sites (tertiary alicyclic amines) is 1. The van der Waals surface area contributed by atoms with Crippen molar-refractivity contribution >= 4 is 22.8 Å². The van der Waals surface area contributed by atoms with Crippen molar-refractivity contribution in [1.82, 2.24) is 19.5 Å². The third-order valence-electron chi connectivity index (χ3n) is 5.58. The molecule has 1 aliphatic rings. The molecule has 0 aliphatic carbocycles. The van der Waals surface area contributed by atoms with Crippen LogP contribution in [-0.4, -0.2) is 44.3 Å². The van der Waals surface area contributed by atoms with Gasteiger partial charge in [0.15, 0.2) is 5.65 Å². The lowest BCUT2D eigenvalue weighted by Crippen LogP contribution is -2.45. The van der Waals surface area contributed by atoms with Crippen LogP contribution >= 0.6 is 0 Å². The van der Waals surface area contributed by atoms with Crippen molar-refractivity contribution in [2.75, 3.05) is 13.1 Å². The highest BCUT2D eigenvalue weighted by Crippen LogP contribution is 2.38. The van der Waals surface area contributed by atoms with Crippen molar-refractivity contribution in [3.8, 4) is 6.07 Å². The van der Waals surface area contributed by atoms with Crippen molar-refractivity contribution in [2.24, 2.45) is 0 Å². The number of aromatic amines is 1. The number of nitriles is 1. The molecule has 0 saturated carbocycles. The second-order valence-electron chi connectivity index (χ2n) is 8.92. The summed E-state index contributed by atoms with van der Waals surface area (Å²) in [6.45, 7) is 8.89. The third-order valence-corrected chi connectivity index (χ3v) is 5.58. The van der Waals surface area contributed by atoms with E-state index >= 15 is 0 Å². The molecular formula is C21H24FN5O2. The molecular weight excluding hydrogens is 373 g/mol. The number of nitrogens with zero attached hydrogens (tertiary/aromatic N) is 4. The lowest BCUT2D eigenvalue weighted by atomic mass is 9.75. The van der Waals surface area contributed by atoms with Crippen LogP contribution in [-0.2, 0) is 10.2 Å². The van der Waals surface area contributed by atoms with Crippen molar-refractivity contribution in [3.05, 3.63) is 35.3 Å². The van der Waals surface area contributed by atoms with Crippen molar-refractivity contribution < 1.29 is 13.9 Å². The van der Waals surface area contributed by atoms with Crippen LogP contribution < -0.4 is 0 Å². The number of amides is 1. The molecule has 29 heavy (non-hydrogen) atoms. The Kier molecular flexibility index (Phi) is 4.30. The van der Waals surface area contributed by atoms with Crippen LogP contribution in [0.5, 0.6) is 0 Å². The van der Waals surface area contributed by atoms with Gasteiger partial charge in [-0.2, -0.15) is 5.26 Å². The predicted molar refractivity (Wildman–Crippen MR) is 106 cm³/mol. The van der Waals surface area contributed by atoms with E-state index in [-0.39, 0.29) is 17.1 Å². The number of hydrogen-bond donors (Lipinski definition) is 1. The summed E-state index contributed by atoms with van der Waals surface area (Å²) in [5, 5.41) is 12.6. The summed E-state index contributed by atoms with van der Waals surface area (Å²) in [5.41, 5.74) is 2.23. The molecule has 0 spiro atoms. The minimum atomic E-state index is -0.520. The fourth-order valence-corrected chi connectivity index (χ4v) is 3.98. The van der Waals surface area contributed by atoms with Crippen LogP contribution in [0.1, 0.15) is 51.7 Å². The second-order valence-corrected chi connectivity index (χ2v) is 8.92. The molecule has 0 bridgehead atoms. The normalized spacial score (nSPS) is 16.9. The first-order valence-corrected chi connectivity index (χ1v) is 9.69. The molecule has 1 saturated heterocycles. The summed E-state index contributed by atoms with van der Waals surface area (Å²) < 4.78 is 21.1. The van der Waals surface area contributed by atoms with E-state index in [4.69, 9.17) is 4.74 Å². The highest BCUT2D eigenvalue weighted by molar-refractivity contribution is 5.86. The van der Waals surface area contributed by atoms with Gasteiger partial charge in [0.1, 0.15) is 23.0 Å². The SMILES string of the molecule is CC(C)(C)OC(=O)N1CCC(C)(c2c[nH]n3c2nc2cc(F)cc(C#N)c23)CC1. The summed E-state index contributed by atoms with van der Waals surface area (Å²) >= 11 is 0. The van der Waals surface area contributed by atoms with Gasteiger partial charge in [-0.05, 0) is 39.7 Å². The maximum atomic E-state index is 13.8. The Balaban J connectivity index is 1.65. The standard InChI is InChI=1S/C21H24FN5O2/c1-20(2,3)29-19(28)26-7-5-21(4,6-8-26)15-12-24-27-17-13(11-23)9-14(22)10-16(17)25-18(15)27/h9-10,12,24H,5-8H2,1-4H3. The van der Waals surface area contributed by atoms with E-state index in [2.05, 4.69) is 17.0 Å². The molecule has 0 unspecified atom stereocenters. The molecule has 0 atom stereocenters. The first-order valence-electron chi connectivity index (χ1n) is 9.69. The maximum absolute atomic E-state index is 13.8. The zero-order valence-corrected chi connectivity index (χ0v) is 17.0. The summed E-state index contributed by atoms with van der Waals surface area (Å²) in [6.07, 6.45) is 3.11. The van der Waals surface area contributed by atoms with Crippen molar-refractivity contribution in [2.45, 2.75) is 51.6 Å². The second kappa shape index (κ2) is 6.48. The monoisotopic (exact) mass is 397 g/mol. The number of nitrogens with one attached hydrogen (secondary N) is 1. The zero-order chi connectivity index (χ0) is 21.0. The average molecular weight is 397 g/mol. The molecule has 1 amide bonds. The number of imidazole rings is 1. The molecule has 152 valence electrons. The summed E-state index contributed by atoms with van der Waals surface area (Å²) in [6, 6.07) is 4.61. The van der Waals surface area contributed by atoms with E-state index in [9.17, 15) is 14.4 Å². The molecule has 1 aliphatic heterocycles. The number of piperidine rings is 1. The molecule has 1 N–H and O–H groups in total. The van der Waals surface area contributed by atoms with Crippen LogP contribution in [0.4, 0.5) is 9.18 Å². The van der Waals surface area contributed by atoms with E-state index in [1.54, 1.807) is 9.42 Å². The number of rotatable bonds is 1. The quantitative estimate of drug-likeness (QED) is 0.669. The first-order chi connectivity index (χ1) is 13.6. The third kappa shape index (κ3) is 3.31. The summed E-state index contributed by atoms with van der Waals surface area (Å²) in [5.74, 6) is -0.478. The van der Waals surface area contributed by atoms with Crippen molar-refractivity contribution in [1.29, 1.82) is 5.26 Å². The topological polar surface area (TPSA) is 86.4 Å². The van der Waals surface area contributed by atoms with Gasteiger partial charge in [0, 0.05) is 36.3 Å². The number of H-pyrrole nitrogens is 1. The number of aromatic nitrogens is 3. The maximum Gasteiger partial charge on any atom is 0.410 e. The Morgan fingerprint density at radius 1 is 1.34 bits per heavy atom. The summed E-state index contributed by atoms with van der Waals surface area (Å²) in [7, 11) is 0. The highest BCUT2D eigenvalue weighted by atomic mass is 19.1. The Morgan fingerprint density at radius 3 is 2.66 bits per heavy atom. The molecule has 3 aromatic rings. The first kappa shape index (κ1) is 19.2. The van der Waals surface area contributed by atoms with Crippen molar-refractivity contribution in [3.63, 3.8) is 0 Å². The van der Waals surface area contributed by atoms with Gasteiger partial charge in [-0.3, -0.25) is 5.10 Å². The van der Waals surface area contributed by atoms with Crippen LogP contribution in [0, 0.1) is 17.1 Å². The number of carbonyl (C=O) groups excluding carboxylic acids is 1. The Morgan fingerprint density at radius 2 is 2.03 bits per heavy atom. The highest BCUT2D eigenvalue weighted by Gasteiger charge is 2.37. The molecule has 3 heterocycles. The Bertz CT molecular complexity index is 1140. The summed E-state index contributed by atoms with van der Waals surface area (Å²) in [4.78, 5) is 18.7. The smallest absolute Gasteiger partial charge is 0.410 e. The van der Waals surface area contributed by atoms with Crippen LogP contribution in [0.15, 0.2) is 18.3 Å². The van der Waals surface area contributed by atoms with E-state index < -0.39 is 11.4 Å². The minimum Gasteiger partial charge on any atom is -0.444 e. The molecule has 7 nitrogen and oxygen atoms in total. The van der Waals surface area contributed by atoms with E-state index in [0.717, 1.165) is 18.4 Å². The lowest BCUT2D eigenvalue weighted by molar-refractivity contribution is 0.0172. The van der Waals surface area contributed by atoms with Gasteiger partial charge < -0.3 is 9.64 Å². The number of carbonyl (C=O) groups is 1. The van der Waals surface area contributed by atoms with Gasteiger partial charge in [0.05, 0.1) is 11.1 Å². The average Bonchev–Trinajstić information content (AvgIpc) is 3.18. The van der Waals surface area contributed by atoms with Gasteiger partial charge in [-0.25, -0.2) is 18.7 Å². The number of hydrogen-bond acceptors (Lipinski definition) is 4. The molecule has 2 aromatic heterocycles. The van der Waals surface area contributed by atoms with Gasteiger partial charge in [-0.1, -0.05) is 6.92 Å². The largest absolute Gasteiger partial charge is 0.444 e. The van der Waals surface area contributed by atoms with Crippen LogP contribution in [0.25, 0.3) is 16.7 Å². The van der Waals surface area contributed by atoms with E-state index in [0.29, 0.717) is 29.8 Å². The predicted octanol–water partition coefficient (Wildman–Crippen LogP) is 4.11. The molecule has 4 rings (SSSR count). The molecule has 0 radical (unpaired) electrons. The van der Waals surface area contributed by atoms with Gasteiger partial charge in [-0.15, -0.1) is 0 Å².